The molecule has 1 fully saturated rings. The molecule has 0 aromatic carbocycles. The maximum absolute atomic E-state index is 11.4. The maximum Gasteiger partial charge on any atom is 0.407 e. The number of aliphatic hydroxyl groups is 1. The Bertz CT molecular complexity index is 218. The number of hydrogen-bond acceptors (Lipinski definition) is 3. The second-order valence-corrected chi connectivity index (χ2v) is 4.95. The zero-order chi connectivity index (χ0) is 12.0. The van der Waals surface area contributed by atoms with E-state index in [1.165, 1.54) is 0 Å². The Kier molecular flexibility index (Phi) is 5.60. The van der Waals surface area contributed by atoms with Crippen LogP contribution in [0.15, 0.2) is 0 Å². The zero-order valence-electron chi connectivity index (χ0n) is 10.2. The van der Waals surface area contributed by atoms with E-state index in [1.807, 2.05) is 13.8 Å². The van der Waals surface area contributed by atoms with E-state index in [-0.39, 0.29) is 6.04 Å². The van der Waals surface area contributed by atoms with E-state index < -0.39 is 12.2 Å². The van der Waals surface area contributed by atoms with Crippen molar-refractivity contribution < 1.29 is 14.6 Å². The van der Waals surface area contributed by atoms with Gasteiger partial charge in [0.05, 0.1) is 18.8 Å². The molecule has 1 rings (SSSR count). The number of nitrogens with one attached hydrogen (secondary N) is 1. The average molecular weight is 229 g/mol. The Labute approximate surface area is 97.4 Å². The Morgan fingerprint density at radius 1 is 1.38 bits per heavy atom. The molecule has 0 bridgehead atoms. The lowest BCUT2D eigenvalue weighted by atomic mass is 10.1. The van der Waals surface area contributed by atoms with Crippen molar-refractivity contribution in [2.75, 3.05) is 6.61 Å². The first kappa shape index (κ1) is 13.3. The molecule has 0 aromatic heterocycles. The lowest BCUT2D eigenvalue weighted by Crippen LogP contribution is -2.43. The van der Waals surface area contributed by atoms with Crippen LogP contribution >= 0.6 is 0 Å². The van der Waals surface area contributed by atoms with E-state index in [4.69, 9.17) is 4.74 Å². The van der Waals surface area contributed by atoms with Gasteiger partial charge in [0.2, 0.25) is 0 Å². The molecule has 16 heavy (non-hydrogen) atoms. The van der Waals surface area contributed by atoms with Gasteiger partial charge in [-0.1, -0.05) is 33.1 Å². The van der Waals surface area contributed by atoms with E-state index in [9.17, 15) is 9.90 Å². The van der Waals surface area contributed by atoms with Gasteiger partial charge in [0.15, 0.2) is 0 Å². The summed E-state index contributed by atoms with van der Waals surface area (Å²) in [6.45, 7) is 4.41. The summed E-state index contributed by atoms with van der Waals surface area (Å²) in [6.07, 6.45) is 4.03. The lowest BCUT2D eigenvalue weighted by Gasteiger charge is -2.21. The van der Waals surface area contributed by atoms with Crippen LogP contribution in [0.1, 0.15) is 46.0 Å². The molecule has 94 valence electrons. The Balaban J connectivity index is 2.30. The van der Waals surface area contributed by atoms with Crippen LogP contribution in [0, 0.1) is 5.92 Å². The fourth-order valence-electron chi connectivity index (χ4n) is 1.89. The number of rotatable bonds is 3. The van der Waals surface area contributed by atoms with Gasteiger partial charge in [0, 0.05) is 0 Å². The number of carbonyl (C=O) groups is 1. The van der Waals surface area contributed by atoms with Gasteiger partial charge < -0.3 is 15.2 Å². The van der Waals surface area contributed by atoms with Crippen molar-refractivity contribution in [3.05, 3.63) is 0 Å². The van der Waals surface area contributed by atoms with Crippen molar-refractivity contribution >= 4 is 6.09 Å². The third-order valence-corrected chi connectivity index (χ3v) is 2.83. The molecule has 0 heterocycles. The van der Waals surface area contributed by atoms with E-state index >= 15 is 0 Å². The summed E-state index contributed by atoms with van der Waals surface area (Å²) in [5, 5.41) is 12.6. The van der Waals surface area contributed by atoms with E-state index in [0.717, 1.165) is 32.1 Å². The first-order valence-corrected chi connectivity index (χ1v) is 6.21. The summed E-state index contributed by atoms with van der Waals surface area (Å²) in [7, 11) is 0. The van der Waals surface area contributed by atoms with Crippen molar-refractivity contribution in [2.24, 2.45) is 5.92 Å². The molecule has 2 unspecified atom stereocenters. The number of carbonyl (C=O) groups excluding carboxylic acids is 1. The predicted octanol–water partition coefficient (Wildman–Crippen LogP) is 2.06. The van der Waals surface area contributed by atoms with E-state index in [2.05, 4.69) is 5.32 Å². The summed E-state index contributed by atoms with van der Waals surface area (Å²) >= 11 is 0. The highest BCUT2D eigenvalue weighted by atomic mass is 16.5. The second kappa shape index (κ2) is 6.74. The summed E-state index contributed by atoms with van der Waals surface area (Å²) in [5.74, 6) is 0.338. The molecule has 2 atom stereocenters. The van der Waals surface area contributed by atoms with Crippen molar-refractivity contribution in [3.63, 3.8) is 0 Å². The molecular weight excluding hydrogens is 206 g/mol. The van der Waals surface area contributed by atoms with Crippen LogP contribution in [-0.2, 0) is 4.74 Å². The third-order valence-electron chi connectivity index (χ3n) is 2.83. The van der Waals surface area contributed by atoms with Crippen LogP contribution in [0.25, 0.3) is 0 Å². The molecule has 4 nitrogen and oxygen atoms in total. The molecule has 1 amide bonds. The van der Waals surface area contributed by atoms with Crippen LogP contribution in [-0.4, -0.2) is 30.0 Å². The number of amides is 1. The van der Waals surface area contributed by atoms with Gasteiger partial charge in [-0.2, -0.15) is 0 Å². The van der Waals surface area contributed by atoms with Gasteiger partial charge in [-0.15, -0.1) is 0 Å². The summed E-state index contributed by atoms with van der Waals surface area (Å²) in [4.78, 5) is 11.4. The molecule has 0 aliphatic heterocycles. The Hall–Kier alpha value is -0.770. The highest BCUT2D eigenvalue weighted by molar-refractivity contribution is 5.67. The summed E-state index contributed by atoms with van der Waals surface area (Å²) < 4.78 is 5.03. The number of hydrogen-bond donors (Lipinski definition) is 2. The van der Waals surface area contributed by atoms with Crippen LogP contribution in [0.2, 0.25) is 0 Å². The fourth-order valence-corrected chi connectivity index (χ4v) is 1.89. The fraction of sp³-hybridized carbons (Fsp3) is 0.917. The van der Waals surface area contributed by atoms with Gasteiger partial charge >= 0.3 is 6.09 Å². The molecule has 2 N–H and O–H groups in total. The second-order valence-electron chi connectivity index (χ2n) is 4.95. The van der Waals surface area contributed by atoms with Gasteiger partial charge in [0.25, 0.3) is 0 Å². The molecule has 1 aliphatic carbocycles. The first-order valence-electron chi connectivity index (χ1n) is 6.21. The van der Waals surface area contributed by atoms with Crippen LogP contribution in [0.3, 0.4) is 0 Å². The van der Waals surface area contributed by atoms with Crippen LogP contribution < -0.4 is 5.32 Å². The third kappa shape index (κ3) is 4.84. The first-order chi connectivity index (χ1) is 7.59. The SMILES string of the molecule is CC(C)COC(=O)NC1CCCCCC1O. The monoisotopic (exact) mass is 229 g/mol. The molecule has 0 saturated heterocycles. The Morgan fingerprint density at radius 2 is 2.06 bits per heavy atom. The van der Waals surface area contributed by atoms with Gasteiger partial charge in [-0.3, -0.25) is 0 Å². The van der Waals surface area contributed by atoms with Crippen molar-refractivity contribution in [3.8, 4) is 0 Å². The van der Waals surface area contributed by atoms with Gasteiger partial charge in [-0.25, -0.2) is 4.79 Å². The smallest absolute Gasteiger partial charge is 0.407 e. The standard InChI is InChI=1S/C12H23NO3/c1-9(2)8-16-12(15)13-10-6-4-3-5-7-11(10)14/h9-11,14H,3-8H2,1-2H3,(H,13,15). The number of aliphatic hydroxyl groups excluding tert-OH is 1. The predicted molar refractivity (Wildman–Crippen MR) is 62.2 cm³/mol. The number of alkyl carbamates (subject to hydrolysis) is 1. The lowest BCUT2D eigenvalue weighted by molar-refractivity contribution is 0.0955. The summed E-state index contributed by atoms with van der Waals surface area (Å²) in [6, 6.07) is -0.137. The van der Waals surface area contributed by atoms with E-state index in [0.29, 0.717) is 12.5 Å². The highest BCUT2D eigenvalue weighted by Gasteiger charge is 2.23. The van der Waals surface area contributed by atoms with Crippen LogP contribution in [0.5, 0.6) is 0 Å². The van der Waals surface area contributed by atoms with Crippen molar-refractivity contribution in [1.82, 2.24) is 5.32 Å². The molecule has 0 radical (unpaired) electrons. The molecule has 0 spiro atoms. The Morgan fingerprint density at radius 3 is 2.75 bits per heavy atom. The normalized spacial score (nSPS) is 26.2. The maximum atomic E-state index is 11.4. The van der Waals surface area contributed by atoms with Gasteiger partial charge in [0.1, 0.15) is 0 Å². The molecular formula is C12H23NO3. The number of ether oxygens (including phenoxy) is 1. The molecule has 1 aliphatic rings. The van der Waals surface area contributed by atoms with Crippen molar-refractivity contribution in [2.45, 2.75) is 58.1 Å². The minimum atomic E-state index is -0.422. The van der Waals surface area contributed by atoms with Crippen LogP contribution in [0.4, 0.5) is 4.79 Å². The van der Waals surface area contributed by atoms with Crippen molar-refractivity contribution in [1.29, 1.82) is 0 Å². The molecule has 0 aromatic rings. The molecule has 1 saturated carbocycles. The minimum Gasteiger partial charge on any atom is -0.449 e. The highest BCUT2D eigenvalue weighted by Crippen LogP contribution is 2.18. The zero-order valence-corrected chi connectivity index (χ0v) is 10.2. The minimum absolute atomic E-state index is 0.137. The van der Waals surface area contributed by atoms with E-state index in [1.54, 1.807) is 0 Å². The quantitative estimate of drug-likeness (QED) is 0.728. The molecule has 4 heteroatoms. The average Bonchev–Trinajstić information content (AvgIpc) is 2.42. The largest absolute Gasteiger partial charge is 0.449 e. The van der Waals surface area contributed by atoms with Gasteiger partial charge in [-0.05, 0) is 18.8 Å². The topological polar surface area (TPSA) is 58.6 Å². The summed E-state index contributed by atoms with van der Waals surface area (Å²) in [5.41, 5.74) is 0.